The maximum absolute atomic E-state index is 13.7. The molecule has 1 heterocycles. The van der Waals surface area contributed by atoms with Gasteiger partial charge in [0.2, 0.25) is 0 Å². The van der Waals surface area contributed by atoms with E-state index in [1.54, 1.807) is 24.3 Å². The summed E-state index contributed by atoms with van der Waals surface area (Å²) in [5, 5.41) is 5.06. The molecule has 1 aliphatic heterocycles. The summed E-state index contributed by atoms with van der Waals surface area (Å²) in [7, 11) is 1.45. The number of methoxy groups -OCH3 is 1. The molecule has 10 heteroatoms. The van der Waals surface area contributed by atoms with E-state index in [0.29, 0.717) is 21.4 Å². The van der Waals surface area contributed by atoms with Crippen LogP contribution in [0.1, 0.15) is 49.7 Å². The summed E-state index contributed by atoms with van der Waals surface area (Å²) in [5.74, 6) is 1.11. The number of rotatable bonds is 8. The lowest BCUT2D eigenvalue weighted by atomic mass is 9.48. The van der Waals surface area contributed by atoms with Crippen molar-refractivity contribution in [3.63, 3.8) is 0 Å². The first kappa shape index (κ1) is 30.2. The van der Waals surface area contributed by atoms with Crippen LogP contribution in [0.2, 0.25) is 0 Å². The Kier molecular flexibility index (Phi) is 7.92. The molecule has 3 aromatic rings. The molecular formula is C36H34BrN3O6. The Morgan fingerprint density at radius 2 is 1.63 bits per heavy atom. The highest BCUT2D eigenvalue weighted by Gasteiger charge is 2.51. The molecule has 8 rings (SSSR count). The van der Waals surface area contributed by atoms with Crippen molar-refractivity contribution >= 4 is 57.1 Å². The molecule has 0 atom stereocenters. The van der Waals surface area contributed by atoms with Crippen LogP contribution in [0.15, 0.2) is 76.8 Å². The van der Waals surface area contributed by atoms with E-state index in [1.807, 2.05) is 30.3 Å². The minimum absolute atomic E-state index is 0.191. The van der Waals surface area contributed by atoms with Gasteiger partial charge in [-0.1, -0.05) is 30.3 Å². The van der Waals surface area contributed by atoms with Crippen molar-refractivity contribution < 1.29 is 28.7 Å². The van der Waals surface area contributed by atoms with E-state index in [4.69, 9.17) is 9.47 Å². The molecule has 0 radical (unpaired) electrons. The lowest BCUT2D eigenvalue weighted by molar-refractivity contribution is -0.122. The molecule has 4 aliphatic carbocycles. The fourth-order valence-electron chi connectivity index (χ4n) is 8.31. The summed E-state index contributed by atoms with van der Waals surface area (Å²) < 4.78 is 11.7. The number of carbonyl (C=O) groups is 4. The molecule has 46 heavy (non-hydrogen) atoms. The molecule has 3 aromatic carbocycles. The topological polar surface area (TPSA) is 114 Å². The van der Waals surface area contributed by atoms with Crippen LogP contribution in [0.5, 0.6) is 11.5 Å². The van der Waals surface area contributed by atoms with Gasteiger partial charge in [0.25, 0.3) is 17.7 Å². The Balaban J connectivity index is 1.09. The second-order valence-corrected chi connectivity index (χ2v) is 13.8. The number of barbiturate groups is 1. The summed E-state index contributed by atoms with van der Waals surface area (Å²) in [5.41, 5.74) is 2.78. The standard InChI is InChI=1S/C36H34BrN3O6/c1-45-30-16-21(15-29(37)32(30)46-20-31(41)38-26-5-3-2-4-6-26)14-28-33(42)39-35(44)40(34(28)43)27-9-7-25(8-10-27)36-17-22-11-23(18-36)13-24(12-22)19-36/h2-10,14-16,22-24H,11-13,17-20H2,1H3,(H,38,41)(H,39,42,44)/b28-14+. The molecule has 0 aromatic heterocycles. The van der Waals surface area contributed by atoms with Crippen molar-refractivity contribution in [1.29, 1.82) is 0 Å². The van der Waals surface area contributed by atoms with Gasteiger partial charge in [0, 0.05) is 5.69 Å². The van der Waals surface area contributed by atoms with Crippen LogP contribution in [-0.4, -0.2) is 37.5 Å². The van der Waals surface area contributed by atoms with Crippen LogP contribution in [-0.2, 0) is 19.8 Å². The number of hydrogen-bond donors (Lipinski definition) is 2. The highest BCUT2D eigenvalue weighted by molar-refractivity contribution is 9.10. The molecule has 4 saturated carbocycles. The monoisotopic (exact) mass is 683 g/mol. The molecule has 5 aliphatic rings. The number of halogens is 1. The summed E-state index contributed by atoms with van der Waals surface area (Å²) >= 11 is 3.46. The predicted octanol–water partition coefficient (Wildman–Crippen LogP) is 6.61. The van der Waals surface area contributed by atoms with E-state index in [2.05, 4.69) is 38.7 Å². The van der Waals surface area contributed by atoms with Gasteiger partial charge in [-0.2, -0.15) is 0 Å². The van der Waals surface area contributed by atoms with Gasteiger partial charge in [-0.25, -0.2) is 9.69 Å². The largest absolute Gasteiger partial charge is 0.493 e. The first-order chi connectivity index (χ1) is 22.2. The number of nitrogens with zero attached hydrogens (tertiary/aromatic N) is 1. The molecule has 5 amide bonds. The summed E-state index contributed by atoms with van der Waals surface area (Å²) in [6, 6.07) is 19.2. The zero-order chi connectivity index (χ0) is 32.0. The average molecular weight is 685 g/mol. The van der Waals surface area contributed by atoms with Crippen LogP contribution in [0.4, 0.5) is 16.2 Å². The van der Waals surface area contributed by atoms with Gasteiger partial charge in [-0.3, -0.25) is 19.7 Å². The fourth-order valence-corrected chi connectivity index (χ4v) is 8.88. The number of anilines is 2. The quantitative estimate of drug-likeness (QED) is 0.204. The molecule has 9 nitrogen and oxygen atoms in total. The summed E-state index contributed by atoms with van der Waals surface area (Å²) in [4.78, 5) is 52.9. The van der Waals surface area contributed by atoms with E-state index in [1.165, 1.54) is 57.3 Å². The van der Waals surface area contributed by atoms with E-state index in [-0.39, 0.29) is 35.0 Å². The minimum Gasteiger partial charge on any atom is -0.493 e. The van der Waals surface area contributed by atoms with Gasteiger partial charge >= 0.3 is 6.03 Å². The van der Waals surface area contributed by atoms with Crippen molar-refractivity contribution in [2.24, 2.45) is 17.8 Å². The number of amides is 5. The summed E-state index contributed by atoms with van der Waals surface area (Å²) in [6.07, 6.45) is 9.11. The normalized spacial score (nSPS) is 25.9. The Morgan fingerprint density at radius 1 is 0.978 bits per heavy atom. The second kappa shape index (κ2) is 12.1. The van der Waals surface area contributed by atoms with Gasteiger partial charge in [0.1, 0.15) is 5.57 Å². The Morgan fingerprint density at radius 3 is 2.26 bits per heavy atom. The molecular weight excluding hydrogens is 650 g/mol. The highest BCUT2D eigenvalue weighted by Crippen LogP contribution is 2.60. The lowest BCUT2D eigenvalue weighted by Gasteiger charge is -2.57. The average Bonchev–Trinajstić information content (AvgIpc) is 3.02. The van der Waals surface area contributed by atoms with E-state index in [0.717, 1.165) is 22.7 Å². The molecule has 4 bridgehead atoms. The fraction of sp³-hybridized carbons (Fsp3) is 0.333. The number of imide groups is 2. The molecule has 236 valence electrons. The zero-order valence-electron chi connectivity index (χ0n) is 25.4. The van der Waals surface area contributed by atoms with Crippen molar-refractivity contribution in [2.75, 3.05) is 23.9 Å². The number of carbonyl (C=O) groups excluding carboxylic acids is 4. The highest BCUT2D eigenvalue weighted by atomic mass is 79.9. The van der Waals surface area contributed by atoms with E-state index in [9.17, 15) is 19.2 Å². The van der Waals surface area contributed by atoms with Crippen LogP contribution < -0.4 is 25.0 Å². The predicted molar refractivity (Wildman–Crippen MR) is 177 cm³/mol. The Hall–Kier alpha value is -4.44. The number of ether oxygens (including phenoxy) is 2. The SMILES string of the molecule is COc1cc(/C=C2\C(=O)NC(=O)N(c3ccc(C45CC6CC(CC(C6)C4)C5)cc3)C2=O)cc(Br)c1OCC(=O)Nc1ccccc1. The van der Waals surface area contributed by atoms with Gasteiger partial charge in [-0.15, -0.1) is 0 Å². The van der Waals surface area contributed by atoms with Gasteiger partial charge in [-0.05, 0) is 131 Å². The molecule has 2 N–H and O–H groups in total. The lowest BCUT2D eigenvalue weighted by Crippen LogP contribution is -2.54. The zero-order valence-corrected chi connectivity index (χ0v) is 27.0. The van der Waals surface area contributed by atoms with E-state index >= 15 is 0 Å². The first-order valence-electron chi connectivity index (χ1n) is 15.6. The Labute approximate surface area is 275 Å². The molecule has 0 spiro atoms. The number of urea groups is 1. The third kappa shape index (κ3) is 5.70. The number of para-hydroxylation sites is 1. The second-order valence-electron chi connectivity index (χ2n) is 12.9. The van der Waals surface area contributed by atoms with Gasteiger partial charge in [0.05, 0.1) is 17.3 Å². The maximum atomic E-state index is 13.7. The molecule has 5 fully saturated rings. The van der Waals surface area contributed by atoms with Crippen LogP contribution in [0, 0.1) is 17.8 Å². The first-order valence-corrected chi connectivity index (χ1v) is 16.4. The minimum atomic E-state index is -0.788. The molecule has 0 unspecified atom stereocenters. The maximum Gasteiger partial charge on any atom is 0.335 e. The van der Waals surface area contributed by atoms with Crippen molar-refractivity contribution in [3.8, 4) is 11.5 Å². The van der Waals surface area contributed by atoms with E-state index < -0.39 is 17.8 Å². The number of hydrogen-bond acceptors (Lipinski definition) is 6. The smallest absolute Gasteiger partial charge is 0.335 e. The summed E-state index contributed by atoms with van der Waals surface area (Å²) in [6.45, 7) is -0.274. The van der Waals surface area contributed by atoms with Crippen molar-refractivity contribution in [3.05, 3.63) is 87.9 Å². The number of benzene rings is 3. The number of nitrogens with one attached hydrogen (secondary N) is 2. The third-order valence-corrected chi connectivity index (χ3v) is 10.4. The van der Waals surface area contributed by atoms with Crippen molar-refractivity contribution in [2.45, 2.75) is 43.9 Å². The van der Waals surface area contributed by atoms with Crippen molar-refractivity contribution in [1.82, 2.24) is 5.32 Å². The van der Waals surface area contributed by atoms with Crippen LogP contribution >= 0.6 is 15.9 Å². The molecule has 1 saturated heterocycles. The van der Waals surface area contributed by atoms with Gasteiger partial charge in [0.15, 0.2) is 18.1 Å². The Bertz CT molecular complexity index is 1720. The van der Waals surface area contributed by atoms with Crippen LogP contribution in [0.3, 0.4) is 0 Å². The third-order valence-electron chi connectivity index (χ3n) is 9.85. The van der Waals surface area contributed by atoms with Gasteiger partial charge < -0.3 is 14.8 Å². The van der Waals surface area contributed by atoms with Crippen LogP contribution in [0.25, 0.3) is 6.08 Å².